The molecule has 132 valence electrons. The first-order chi connectivity index (χ1) is 13.1. The Balaban J connectivity index is 2.07. The SMILES string of the molecule is CC(C)n1nc(-c2c(-c3ccccc3)nn3ccc(C#N)cc23)ccc1=O. The fourth-order valence-electron chi connectivity index (χ4n) is 3.09. The minimum Gasteiger partial charge on any atom is -0.268 e. The van der Waals surface area contributed by atoms with Gasteiger partial charge in [-0.25, -0.2) is 9.20 Å². The lowest BCUT2D eigenvalue weighted by molar-refractivity contribution is 0.505. The van der Waals surface area contributed by atoms with Crippen LogP contribution in [-0.2, 0) is 0 Å². The van der Waals surface area contributed by atoms with Crippen LogP contribution in [0.4, 0.5) is 0 Å². The molecule has 1 aromatic carbocycles. The molecule has 0 N–H and O–H groups in total. The van der Waals surface area contributed by atoms with Crippen LogP contribution < -0.4 is 5.56 Å². The number of rotatable bonds is 3. The Morgan fingerprint density at radius 1 is 1.04 bits per heavy atom. The van der Waals surface area contributed by atoms with Crippen LogP contribution in [0.25, 0.3) is 28.0 Å². The second-order valence-electron chi connectivity index (χ2n) is 6.54. The molecule has 0 atom stereocenters. The Hall–Kier alpha value is -3.72. The van der Waals surface area contributed by atoms with Gasteiger partial charge in [0.2, 0.25) is 0 Å². The number of hydrogen-bond donors (Lipinski definition) is 0. The summed E-state index contributed by atoms with van der Waals surface area (Å²) >= 11 is 0. The molecule has 6 nitrogen and oxygen atoms in total. The Bertz CT molecular complexity index is 1230. The maximum absolute atomic E-state index is 12.1. The van der Waals surface area contributed by atoms with Gasteiger partial charge in [-0.2, -0.15) is 15.5 Å². The van der Waals surface area contributed by atoms with Crippen molar-refractivity contribution in [2.24, 2.45) is 0 Å². The van der Waals surface area contributed by atoms with Crippen molar-refractivity contribution >= 4 is 5.52 Å². The third-order valence-corrected chi connectivity index (χ3v) is 4.38. The van der Waals surface area contributed by atoms with Gasteiger partial charge in [-0.3, -0.25) is 4.79 Å². The van der Waals surface area contributed by atoms with Gasteiger partial charge in [-0.05, 0) is 32.0 Å². The van der Waals surface area contributed by atoms with Crippen molar-refractivity contribution in [3.8, 4) is 28.6 Å². The molecule has 0 unspecified atom stereocenters. The van der Waals surface area contributed by atoms with Gasteiger partial charge in [0.05, 0.1) is 34.4 Å². The lowest BCUT2D eigenvalue weighted by atomic mass is 10.0. The molecule has 3 heterocycles. The molecular formula is C21H17N5O. The van der Waals surface area contributed by atoms with Gasteiger partial charge in [0, 0.05) is 17.8 Å². The van der Waals surface area contributed by atoms with Crippen molar-refractivity contribution in [2.45, 2.75) is 19.9 Å². The number of nitrogens with zero attached hydrogens (tertiary/aromatic N) is 5. The molecule has 0 saturated carbocycles. The third kappa shape index (κ3) is 2.89. The normalized spacial score (nSPS) is 11.0. The maximum Gasteiger partial charge on any atom is 0.267 e. The molecule has 0 fully saturated rings. The van der Waals surface area contributed by atoms with Crippen LogP contribution in [0.1, 0.15) is 25.5 Å². The first-order valence-electron chi connectivity index (χ1n) is 8.66. The van der Waals surface area contributed by atoms with Crippen LogP contribution in [0.15, 0.2) is 65.6 Å². The number of benzene rings is 1. The molecule has 6 heteroatoms. The number of fused-ring (bicyclic) bond motifs is 1. The number of aromatic nitrogens is 4. The molecule has 0 aliphatic carbocycles. The summed E-state index contributed by atoms with van der Waals surface area (Å²) in [5, 5.41) is 18.6. The second kappa shape index (κ2) is 6.54. The molecular weight excluding hydrogens is 338 g/mol. The number of hydrogen-bond acceptors (Lipinski definition) is 4. The largest absolute Gasteiger partial charge is 0.268 e. The Kier molecular flexibility index (Phi) is 4.05. The van der Waals surface area contributed by atoms with E-state index in [1.54, 1.807) is 28.9 Å². The van der Waals surface area contributed by atoms with E-state index in [1.807, 2.05) is 44.2 Å². The lowest BCUT2D eigenvalue weighted by Crippen LogP contribution is -2.23. The highest BCUT2D eigenvalue weighted by molar-refractivity contribution is 5.91. The molecule has 0 amide bonds. The van der Waals surface area contributed by atoms with Crippen molar-refractivity contribution in [2.75, 3.05) is 0 Å². The zero-order chi connectivity index (χ0) is 19.0. The highest BCUT2D eigenvalue weighted by Gasteiger charge is 2.19. The van der Waals surface area contributed by atoms with E-state index in [1.165, 1.54) is 10.7 Å². The third-order valence-electron chi connectivity index (χ3n) is 4.38. The minimum atomic E-state index is -0.149. The Morgan fingerprint density at radius 2 is 1.81 bits per heavy atom. The van der Waals surface area contributed by atoms with Gasteiger partial charge >= 0.3 is 0 Å². The van der Waals surface area contributed by atoms with Gasteiger partial charge in [-0.1, -0.05) is 30.3 Å². The van der Waals surface area contributed by atoms with Gasteiger partial charge in [0.1, 0.15) is 5.69 Å². The fourth-order valence-corrected chi connectivity index (χ4v) is 3.09. The van der Waals surface area contributed by atoms with Crippen LogP contribution in [0.2, 0.25) is 0 Å². The Morgan fingerprint density at radius 3 is 2.52 bits per heavy atom. The Labute approximate surface area is 155 Å². The standard InChI is InChI=1S/C21H17N5O/c1-14(2)26-19(27)9-8-17(23-26)20-18-12-15(13-22)10-11-25(18)24-21(20)16-6-4-3-5-7-16/h3-12,14H,1-2H3. The summed E-state index contributed by atoms with van der Waals surface area (Å²) in [6.45, 7) is 3.83. The van der Waals surface area contributed by atoms with E-state index in [0.29, 0.717) is 11.3 Å². The summed E-state index contributed by atoms with van der Waals surface area (Å²) in [7, 11) is 0. The predicted molar refractivity (Wildman–Crippen MR) is 103 cm³/mol. The van der Waals surface area contributed by atoms with Crippen LogP contribution in [0, 0.1) is 11.3 Å². The summed E-state index contributed by atoms with van der Waals surface area (Å²) in [6, 6.07) is 18.7. The summed E-state index contributed by atoms with van der Waals surface area (Å²) < 4.78 is 3.20. The minimum absolute atomic E-state index is 0.0610. The molecule has 4 rings (SSSR count). The molecule has 3 aromatic heterocycles. The first-order valence-corrected chi connectivity index (χ1v) is 8.66. The van der Waals surface area contributed by atoms with Crippen molar-refractivity contribution in [3.63, 3.8) is 0 Å². The number of nitriles is 1. The van der Waals surface area contributed by atoms with E-state index in [0.717, 1.165) is 22.3 Å². The van der Waals surface area contributed by atoms with E-state index >= 15 is 0 Å². The zero-order valence-electron chi connectivity index (χ0n) is 15.0. The predicted octanol–water partition coefficient (Wildman–Crippen LogP) is 3.68. The first kappa shape index (κ1) is 16.7. The maximum atomic E-state index is 12.1. The molecule has 0 saturated heterocycles. The lowest BCUT2D eigenvalue weighted by Gasteiger charge is -2.10. The number of pyridine rings is 1. The fraction of sp³-hybridized carbons (Fsp3) is 0.143. The topological polar surface area (TPSA) is 76.0 Å². The van der Waals surface area contributed by atoms with Gasteiger partial charge < -0.3 is 0 Å². The van der Waals surface area contributed by atoms with E-state index < -0.39 is 0 Å². The van der Waals surface area contributed by atoms with Crippen molar-refractivity contribution in [1.82, 2.24) is 19.4 Å². The van der Waals surface area contributed by atoms with Crippen molar-refractivity contribution in [1.29, 1.82) is 5.26 Å². The molecule has 4 aromatic rings. The van der Waals surface area contributed by atoms with Gasteiger partial charge in [-0.15, -0.1) is 0 Å². The molecule has 0 aliphatic heterocycles. The quantitative estimate of drug-likeness (QED) is 0.562. The van der Waals surface area contributed by atoms with Crippen molar-refractivity contribution in [3.05, 3.63) is 76.7 Å². The summed E-state index contributed by atoms with van der Waals surface area (Å²) in [6.07, 6.45) is 1.77. The smallest absolute Gasteiger partial charge is 0.267 e. The average molecular weight is 355 g/mol. The van der Waals surface area contributed by atoms with E-state index in [9.17, 15) is 10.1 Å². The average Bonchev–Trinajstić information content (AvgIpc) is 3.07. The summed E-state index contributed by atoms with van der Waals surface area (Å²) in [5.74, 6) is 0. The van der Waals surface area contributed by atoms with E-state index in [4.69, 9.17) is 5.10 Å². The van der Waals surface area contributed by atoms with Gasteiger partial charge in [0.15, 0.2) is 0 Å². The molecule has 0 aliphatic rings. The molecule has 0 bridgehead atoms. The van der Waals surface area contributed by atoms with Crippen LogP contribution in [0.3, 0.4) is 0 Å². The second-order valence-corrected chi connectivity index (χ2v) is 6.54. The van der Waals surface area contributed by atoms with E-state index in [-0.39, 0.29) is 11.6 Å². The molecule has 27 heavy (non-hydrogen) atoms. The molecule has 0 radical (unpaired) electrons. The van der Waals surface area contributed by atoms with Crippen LogP contribution in [-0.4, -0.2) is 19.4 Å². The van der Waals surface area contributed by atoms with Crippen molar-refractivity contribution < 1.29 is 0 Å². The highest BCUT2D eigenvalue weighted by Crippen LogP contribution is 2.34. The summed E-state index contributed by atoms with van der Waals surface area (Å²) in [5.41, 5.74) is 4.31. The van der Waals surface area contributed by atoms with E-state index in [2.05, 4.69) is 11.2 Å². The monoisotopic (exact) mass is 355 g/mol. The van der Waals surface area contributed by atoms with Crippen LogP contribution in [0.5, 0.6) is 0 Å². The molecule has 0 spiro atoms. The summed E-state index contributed by atoms with van der Waals surface area (Å²) in [4.78, 5) is 12.1. The van der Waals surface area contributed by atoms with Crippen LogP contribution >= 0.6 is 0 Å². The van der Waals surface area contributed by atoms with Gasteiger partial charge in [0.25, 0.3) is 5.56 Å². The highest BCUT2D eigenvalue weighted by atomic mass is 16.1. The zero-order valence-corrected chi connectivity index (χ0v) is 15.0.